The van der Waals surface area contributed by atoms with Gasteiger partial charge in [-0.3, -0.25) is 0 Å². The summed E-state index contributed by atoms with van der Waals surface area (Å²) in [5.41, 5.74) is 5.97. The average Bonchev–Trinajstić information content (AvgIpc) is 3.59. The Balaban J connectivity index is 1.86. The van der Waals surface area contributed by atoms with Crippen LogP contribution < -0.4 is 6.54 Å². The number of benzene rings is 4. The van der Waals surface area contributed by atoms with Crippen LogP contribution >= 0.6 is 0 Å². The fraction of sp³-hybridized carbons (Fsp3) is 0.176. The van der Waals surface area contributed by atoms with Crippen molar-refractivity contribution in [2.24, 2.45) is 0 Å². The predicted octanol–water partition coefficient (Wildman–Crippen LogP) is 7.63. The fourth-order valence-corrected chi connectivity index (χ4v) is 62.9. The van der Waals surface area contributed by atoms with Crippen molar-refractivity contribution in [3.8, 4) is 0 Å². The normalized spacial score (nSPS) is 19.1. The Bertz CT molecular complexity index is 1330. The molecule has 0 N–H and O–H groups in total. The Morgan fingerprint density at radius 1 is 0.528 bits per heavy atom. The number of fused-ring (bicyclic) bond motifs is 2. The molecule has 6 rings (SSSR count). The third-order valence-electron chi connectivity index (χ3n) is 9.64. The SMILES string of the molecule is CC[SiH](CC)[Zr]([c]1ccccc1)([c]1ccccc1)([CH]1C=Cc2ccccc21)[CH]1C=Cc2ccccc21. The van der Waals surface area contributed by atoms with Gasteiger partial charge in [0, 0.05) is 0 Å². The van der Waals surface area contributed by atoms with Gasteiger partial charge < -0.3 is 0 Å². The summed E-state index contributed by atoms with van der Waals surface area (Å²) in [6.07, 6.45) is 10.2. The third kappa shape index (κ3) is 3.07. The number of rotatable bonds is 7. The second kappa shape index (κ2) is 9.40. The minimum atomic E-state index is -4.34. The molecule has 0 bridgehead atoms. The van der Waals surface area contributed by atoms with E-state index in [4.69, 9.17) is 0 Å². The Morgan fingerprint density at radius 3 is 1.33 bits per heavy atom. The molecule has 2 aliphatic carbocycles. The van der Waals surface area contributed by atoms with Crippen molar-refractivity contribution in [2.45, 2.75) is 33.2 Å². The van der Waals surface area contributed by atoms with Crippen molar-refractivity contribution in [1.82, 2.24) is 0 Å². The van der Waals surface area contributed by atoms with E-state index in [1.165, 1.54) is 23.2 Å². The molecule has 0 radical (unpaired) electrons. The summed E-state index contributed by atoms with van der Waals surface area (Å²) in [6.45, 7) is 5.02. The van der Waals surface area contributed by atoms with Crippen LogP contribution in [0.25, 0.3) is 12.2 Å². The molecule has 179 valence electrons. The van der Waals surface area contributed by atoms with Crippen molar-refractivity contribution in [1.29, 1.82) is 0 Å². The van der Waals surface area contributed by atoms with Gasteiger partial charge in [-0.15, -0.1) is 0 Å². The first-order chi connectivity index (χ1) is 17.8. The first kappa shape index (κ1) is 23.8. The van der Waals surface area contributed by atoms with Crippen molar-refractivity contribution in [3.63, 3.8) is 0 Å². The van der Waals surface area contributed by atoms with Gasteiger partial charge in [0.15, 0.2) is 0 Å². The third-order valence-corrected chi connectivity index (χ3v) is 57.6. The Morgan fingerprint density at radius 2 is 0.917 bits per heavy atom. The van der Waals surface area contributed by atoms with Gasteiger partial charge in [-0.2, -0.15) is 0 Å². The van der Waals surface area contributed by atoms with Gasteiger partial charge >= 0.3 is 219 Å². The molecule has 0 aliphatic heterocycles. The van der Waals surface area contributed by atoms with Crippen molar-refractivity contribution >= 4 is 24.6 Å². The zero-order valence-corrected chi connectivity index (χ0v) is 25.0. The van der Waals surface area contributed by atoms with Crippen LogP contribution in [0.5, 0.6) is 0 Å². The topological polar surface area (TPSA) is 0 Å². The number of hydrogen-bond donors (Lipinski definition) is 0. The van der Waals surface area contributed by atoms with Crippen LogP contribution in [-0.2, 0) is 17.9 Å². The molecular formula is C34H35SiZr. The summed E-state index contributed by atoms with van der Waals surface area (Å²) >= 11 is -4.34. The van der Waals surface area contributed by atoms with Crippen LogP contribution in [0, 0.1) is 0 Å². The van der Waals surface area contributed by atoms with Gasteiger partial charge in [-0.1, -0.05) is 0 Å². The Kier molecular flexibility index (Phi) is 6.22. The molecule has 0 saturated carbocycles. The van der Waals surface area contributed by atoms with Crippen LogP contribution in [0.3, 0.4) is 0 Å². The molecule has 0 saturated heterocycles. The molecule has 0 amide bonds. The summed E-state index contributed by atoms with van der Waals surface area (Å²) in [6, 6.07) is 45.0. The van der Waals surface area contributed by atoms with E-state index in [9.17, 15) is 0 Å². The number of hydrogen-bond acceptors (Lipinski definition) is 0. The van der Waals surface area contributed by atoms with E-state index in [1.807, 2.05) is 0 Å². The first-order valence-electron chi connectivity index (χ1n) is 13.6. The maximum atomic E-state index is 2.65. The molecule has 0 nitrogen and oxygen atoms in total. The Labute approximate surface area is 218 Å². The van der Waals surface area contributed by atoms with E-state index in [-0.39, 0.29) is 0 Å². The van der Waals surface area contributed by atoms with Crippen LogP contribution in [0.4, 0.5) is 0 Å². The molecule has 0 fully saturated rings. The number of allylic oxidation sites excluding steroid dienone is 2. The molecular weight excluding hydrogens is 528 g/mol. The minimum absolute atomic E-state index is 0.463. The van der Waals surface area contributed by atoms with Crippen molar-refractivity contribution in [2.75, 3.05) is 0 Å². The van der Waals surface area contributed by atoms with E-state index in [2.05, 4.69) is 147 Å². The summed E-state index contributed by atoms with van der Waals surface area (Å²) < 4.78 is 4.29. The van der Waals surface area contributed by atoms with Gasteiger partial charge in [0.1, 0.15) is 0 Å². The van der Waals surface area contributed by atoms with E-state index in [0.717, 1.165) is 0 Å². The quantitative estimate of drug-likeness (QED) is 0.203. The molecule has 36 heavy (non-hydrogen) atoms. The molecule has 2 aliphatic rings. The predicted molar refractivity (Wildman–Crippen MR) is 157 cm³/mol. The average molecular weight is 563 g/mol. The molecule has 2 heteroatoms. The van der Waals surface area contributed by atoms with Gasteiger partial charge in [0.25, 0.3) is 0 Å². The van der Waals surface area contributed by atoms with Crippen LogP contribution in [0.15, 0.2) is 121 Å². The monoisotopic (exact) mass is 561 g/mol. The fourth-order valence-electron chi connectivity index (χ4n) is 8.43. The van der Waals surface area contributed by atoms with E-state index >= 15 is 0 Å². The summed E-state index contributed by atoms with van der Waals surface area (Å²) in [5, 5.41) is 0. The van der Waals surface area contributed by atoms with Gasteiger partial charge in [0.05, 0.1) is 0 Å². The van der Waals surface area contributed by atoms with E-state index in [1.54, 1.807) is 17.7 Å². The first-order valence-corrected chi connectivity index (χ1v) is 25.3. The zero-order valence-electron chi connectivity index (χ0n) is 21.3. The standard InChI is InChI=1S/2C9H7.2C6H5.C4H11Si.Zr/c2*1-2-5-9-7-3-6-8(9)4-1;2*1-2-4-6-5-3-1;1-3-5-4-2;/h2*1-7H;2*1-5H;5H,3-4H2,1-2H3;. The second-order valence-corrected chi connectivity index (χ2v) is 40.3. The van der Waals surface area contributed by atoms with Gasteiger partial charge in [0.2, 0.25) is 0 Å². The molecule has 4 aromatic carbocycles. The maximum absolute atomic E-state index is 4.34. The van der Waals surface area contributed by atoms with Crippen molar-refractivity contribution in [3.05, 3.63) is 144 Å². The molecule has 2 unspecified atom stereocenters. The summed E-state index contributed by atoms with van der Waals surface area (Å²) in [7, 11) is 0. The second-order valence-electron chi connectivity index (χ2n) is 10.7. The molecule has 2 atom stereocenters. The Hall–Kier alpha value is -2.54. The van der Waals surface area contributed by atoms with Crippen LogP contribution in [0.2, 0.25) is 12.1 Å². The van der Waals surface area contributed by atoms with Crippen LogP contribution in [0.1, 0.15) is 43.4 Å². The summed E-state index contributed by atoms with van der Waals surface area (Å²) in [4.78, 5) is 0. The van der Waals surface area contributed by atoms with Crippen molar-refractivity contribution < 1.29 is 17.9 Å². The van der Waals surface area contributed by atoms with Gasteiger partial charge in [-0.05, 0) is 0 Å². The zero-order chi connectivity index (χ0) is 24.6. The molecule has 4 aromatic rings. The van der Waals surface area contributed by atoms with Gasteiger partial charge in [-0.25, -0.2) is 0 Å². The van der Waals surface area contributed by atoms with E-state index in [0.29, 0.717) is 7.25 Å². The summed E-state index contributed by atoms with van der Waals surface area (Å²) in [5.74, 6) is -1.35. The molecule has 0 aromatic heterocycles. The molecule has 0 heterocycles. The van der Waals surface area contributed by atoms with Crippen LogP contribution in [-0.4, -0.2) is 5.92 Å². The van der Waals surface area contributed by atoms with E-state index < -0.39 is 23.9 Å². The molecule has 0 spiro atoms.